The van der Waals surface area contributed by atoms with Gasteiger partial charge in [0, 0.05) is 31.7 Å². The molecule has 0 aliphatic rings. The summed E-state index contributed by atoms with van der Waals surface area (Å²) in [7, 11) is 2.11. The Labute approximate surface area is 118 Å². The Hall–Kier alpha value is -0.810. The molecule has 1 unspecified atom stereocenters. The zero-order valence-corrected chi connectivity index (χ0v) is 13.5. The molecule has 0 saturated carbocycles. The molecule has 114 valence electrons. The van der Waals surface area contributed by atoms with Crippen molar-refractivity contribution in [2.24, 2.45) is 0 Å². The number of ether oxygens (including phenoxy) is 1. The first-order valence-electron chi connectivity index (χ1n) is 7.02. The predicted octanol–water partition coefficient (Wildman–Crippen LogP) is 1.83. The maximum atomic E-state index is 11.5. The first-order valence-corrected chi connectivity index (χ1v) is 7.02. The third kappa shape index (κ3) is 10.8. The van der Waals surface area contributed by atoms with Crippen LogP contribution < -0.4 is 10.6 Å². The highest BCUT2D eigenvalue weighted by atomic mass is 16.6. The molecule has 1 amide bonds. The standard InChI is InChI=1S/C14H31N3O2/c1-11(2)17(7)9-8-15-12(3)10-16-13(18)19-14(4,5)6/h11-12,15H,8-10H2,1-7H3,(H,16,18). The molecule has 0 heterocycles. The molecule has 0 aromatic carbocycles. The van der Waals surface area contributed by atoms with Gasteiger partial charge in [0.1, 0.15) is 5.60 Å². The summed E-state index contributed by atoms with van der Waals surface area (Å²) in [6.45, 7) is 14.4. The van der Waals surface area contributed by atoms with Gasteiger partial charge >= 0.3 is 6.09 Å². The van der Waals surface area contributed by atoms with Crippen LogP contribution in [0.2, 0.25) is 0 Å². The molecule has 0 radical (unpaired) electrons. The topological polar surface area (TPSA) is 53.6 Å². The van der Waals surface area contributed by atoms with Crippen LogP contribution in [0.25, 0.3) is 0 Å². The van der Waals surface area contributed by atoms with Crippen LogP contribution in [-0.4, -0.2) is 55.4 Å². The van der Waals surface area contributed by atoms with Crippen molar-refractivity contribution in [3.8, 4) is 0 Å². The number of carbonyl (C=O) groups is 1. The fraction of sp³-hybridized carbons (Fsp3) is 0.929. The number of rotatable bonds is 7. The lowest BCUT2D eigenvalue weighted by Crippen LogP contribution is -2.43. The summed E-state index contributed by atoms with van der Waals surface area (Å²) in [6, 6.07) is 0.782. The van der Waals surface area contributed by atoms with E-state index < -0.39 is 5.60 Å². The van der Waals surface area contributed by atoms with E-state index in [1.54, 1.807) is 0 Å². The van der Waals surface area contributed by atoms with Crippen molar-refractivity contribution in [3.05, 3.63) is 0 Å². The van der Waals surface area contributed by atoms with Crippen molar-refractivity contribution in [1.82, 2.24) is 15.5 Å². The van der Waals surface area contributed by atoms with Crippen molar-refractivity contribution in [2.45, 2.75) is 59.2 Å². The third-order valence-corrected chi connectivity index (χ3v) is 2.79. The maximum absolute atomic E-state index is 11.5. The zero-order valence-electron chi connectivity index (χ0n) is 13.5. The van der Waals surface area contributed by atoms with Gasteiger partial charge in [-0.1, -0.05) is 0 Å². The van der Waals surface area contributed by atoms with Crippen molar-refractivity contribution in [1.29, 1.82) is 0 Å². The van der Waals surface area contributed by atoms with Gasteiger partial charge in [0.15, 0.2) is 0 Å². The Morgan fingerprint density at radius 1 is 1.26 bits per heavy atom. The second-order valence-corrected chi connectivity index (χ2v) is 6.31. The van der Waals surface area contributed by atoms with Gasteiger partial charge in [0.25, 0.3) is 0 Å². The molecular weight excluding hydrogens is 242 g/mol. The number of hydrogen-bond donors (Lipinski definition) is 2. The summed E-state index contributed by atoms with van der Waals surface area (Å²) >= 11 is 0. The quantitative estimate of drug-likeness (QED) is 0.743. The van der Waals surface area contributed by atoms with Gasteiger partial charge in [-0.3, -0.25) is 0 Å². The average Bonchev–Trinajstić information content (AvgIpc) is 2.23. The zero-order chi connectivity index (χ0) is 15.1. The number of alkyl carbamates (subject to hydrolysis) is 1. The van der Waals surface area contributed by atoms with Crippen molar-refractivity contribution >= 4 is 6.09 Å². The van der Waals surface area contributed by atoms with Gasteiger partial charge in [0.2, 0.25) is 0 Å². The smallest absolute Gasteiger partial charge is 0.407 e. The molecule has 0 rings (SSSR count). The van der Waals surface area contributed by atoms with Crippen molar-refractivity contribution < 1.29 is 9.53 Å². The molecule has 0 aliphatic heterocycles. The van der Waals surface area contributed by atoms with Crippen LogP contribution in [0, 0.1) is 0 Å². The van der Waals surface area contributed by atoms with E-state index in [9.17, 15) is 4.79 Å². The summed E-state index contributed by atoms with van der Waals surface area (Å²) in [5, 5.41) is 6.14. The van der Waals surface area contributed by atoms with Gasteiger partial charge < -0.3 is 20.3 Å². The van der Waals surface area contributed by atoms with E-state index in [2.05, 4.69) is 36.4 Å². The third-order valence-electron chi connectivity index (χ3n) is 2.79. The maximum Gasteiger partial charge on any atom is 0.407 e. The van der Waals surface area contributed by atoms with Crippen LogP contribution in [0.5, 0.6) is 0 Å². The molecule has 0 aliphatic carbocycles. The van der Waals surface area contributed by atoms with Gasteiger partial charge in [-0.2, -0.15) is 0 Å². The minimum atomic E-state index is -0.444. The molecule has 0 aromatic rings. The SMILES string of the molecule is CC(CNC(=O)OC(C)(C)C)NCCN(C)C(C)C. The van der Waals surface area contributed by atoms with Crippen LogP contribution in [0.4, 0.5) is 4.79 Å². The summed E-state index contributed by atoms with van der Waals surface area (Å²) in [4.78, 5) is 13.7. The van der Waals surface area contributed by atoms with Crippen LogP contribution in [-0.2, 0) is 4.74 Å². The average molecular weight is 273 g/mol. The monoisotopic (exact) mass is 273 g/mol. The molecule has 0 saturated heterocycles. The van der Waals surface area contributed by atoms with E-state index in [-0.39, 0.29) is 12.1 Å². The summed E-state index contributed by atoms with van der Waals surface area (Å²) in [6.07, 6.45) is -0.361. The molecule has 5 heteroatoms. The van der Waals surface area contributed by atoms with E-state index in [1.807, 2.05) is 27.7 Å². The second kappa shape index (κ2) is 8.38. The second-order valence-electron chi connectivity index (χ2n) is 6.31. The fourth-order valence-corrected chi connectivity index (χ4v) is 1.37. The summed E-state index contributed by atoms with van der Waals surface area (Å²) < 4.78 is 5.18. The minimum absolute atomic E-state index is 0.230. The molecule has 19 heavy (non-hydrogen) atoms. The summed E-state index contributed by atoms with van der Waals surface area (Å²) in [5.41, 5.74) is -0.444. The highest BCUT2D eigenvalue weighted by molar-refractivity contribution is 5.67. The Bertz CT molecular complexity index is 262. The Balaban J connectivity index is 3.70. The number of carbonyl (C=O) groups excluding carboxylic acids is 1. The van der Waals surface area contributed by atoms with E-state index in [0.717, 1.165) is 13.1 Å². The van der Waals surface area contributed by atoms with E-state index in [1.165, 1.54) is 0 Å². The van der Waals surface area contributed by atoms with Crippen LogP contribution in [0.3, 0.4) is 0 Å². The Morgan fingerprint density at radius 3 is 2.32 bits per heavy atom. The predicted molar refractivity (Wildman–Crippen MR) is 79.5 cm³/mol. The summed E-state index contributed by atoms with van der Waals surface area (Å²) in [5.74, 6) is 0. The highest BCUT2D eigenvalue weighted by Gasteiger charge is 2.16. The number of nitrogens with zero attached hydrogens (tertiary/aromatic N) is 1. The Morgan fingerprint density at radius 2 is 1.84 bits per heavy atom. The number of likely N-dealkylation sites (N-methyl/N-ethyl adjacent to an activating group) is 1. The largest absolute Gasteiger partial charge is 0.444 e. The van der Waals surface area contributed by atoms with E-state index in [4.69, 9.17) is 4.74 Å². The van der Waals surface area contributed by atoms with E-state index >= 15 is 0 Å². The molecular formula is C14H31N3O2. The normalized spacial score (nSPS) is 13.7. The minimum Gasteiger partial charge on any atom is -0.444 e. The molecule has 1 atom stereocenters. The lowest BCUT2D eigenvalue weighted by atomic mass is 10.2. The fourth-order valence-electron chi connectivity index (χ4n) is 1.37. The van der Waals surface area contributed by atoms with Gasteiger partial charge in [-0.15, -0.1) is 0 Å². The molecule has 0 aromatic heterocycles. The molecule has 2 N–H and O–H groups in total. The van der Waals surface area contributed by atoms with Crippen LogP contribution in [0.15, 0.2) is 0 Å². The van der Waals surface area contributed by atoms with Crippen molar-refractivity contribution in [2.75, 3.05) is 26.7 Å². The number of nitrogens with one attached hydrogen (secondary N) is 2. The first-order chi connectivity index (χ1) is 8.61. The lowest BCUT2D eigenvalue weighted by Gasteiger charge is -2.23. The molecule has 0 fully saturated rings. The molecule has 0 bridgehead atoms. The first kappa shape index (κ1) is 18.2. The number of hydrogen-bond acceptors (Lipinski definition) is 4. The molecule has 5 nitrogen and oxygen atoms in total. The van der Waals surface area contributed by atoms with Crippen LogP contribution in [0.1, 0.15) is 41.5 Å². The van der Waals surface area contributed by atoms with Gasteiger partial charge in [-0.25, -0.2) is 4.79 Å². The van der Waals surface area contributed by atoms with E-state index in [0.29, 0.717) is 12.6 Å². The number of amides is 1. The molecule has 0 spiro atoms. The lowest BCUT2D eigenvalue weighted by molar-refractivity contribution is 0.0523. The van der Waals surface area contributed by atoms with Gasteiger partial charge in [-0.05, 0) is 48.6 Å². The van der Waals surface area contributed by atoms with Gasteiger partial charge in [0.05, 0.1) is 0 Å². The Kier molecular flexibility index (Phi) is 8.02. The van der Waals surface area contributed by atoms with Crippen LogP contribution >= 0.6 is 0 Å². The highest BCUT2D eigenvalue weighted by Crippen LogP contribution is 2.06. The van der Waals surface area contributed by atoms with Crippen molar-refractivity contribution in [3.63, 3.8) is 0 Å².